The molecular weight excluding hydrogens is 284 g/mol. The van der Waals surface area contributed by atoms with E-state index in [1.807, 2.05) is 24.1 Å². The van der Waals surface area contributed by atoms with E-state index >= 15 is 0 Å². The van der Waals surface area contributed by atoms with E-state index in [2.05, 4.69) is 24.8 Å². The summed E-state index contributed by atoms with van der Waals surface area (Å²) in [4.78, 5) is 3.14. The van der Waals surface area contributed by atoms with Gasteiger partial charge in [-0.05, 0) is 52.2 Å². The van der Waals surface area contributed by atoms with Crippen molar-refractivity contribution >= 4 is 10.0 Å². The SMILES string of the molecule is CC1=CC2CCC(C)(C1)N2NS(=O)(=O)c1ccc(C)cc1. The van der Waals surface area contributed by atoms with Crippen molar-refractivity contribution < 1.29 is 8.42 Å². The fraction of sp³-hybridized carbons (Fsp3) is 0.500. The van der Waals surface area contributed by atoms with Crippen molar-refractivity contribution in [3.05, 3.63) is 41.5 Å². The number of hydrogen-bond donors (Lipinski definition) is 1. The van der Waals surface area contributed by atoms with E-state index in [9.17, 15) is 8.42 Å². The van der Waals surface area contributed by atoms with E-state index in [4.69, 9.17) is 0 Å². The molecule has 4 nitrogen and oxygen atoms in total. The molecule has 5 heteroatoms. The first-order valence-electron chi connectivity index (χ1n) is 7.36. The number of fused-ring (bicyclic) bond motifs is 2. The average Bonchev–Trinajstić information content (AvgIpc) is 2.58. The van der Waals surface area contributed by atoms with Crippen molar-refractivity contribution in [2.45, 2.75) is 56.5 Å². The van der Waals surface area contributed by atoms with Gasteiger partial charge in [-0.1, -0.05) is 29.3 Å². The van der Waals surface area contributed by atoms with Gasteiger partial charge in [-0.15, -0.1) is 4.83 Å². The Labute approximate surface area is 126 Å². The van der Waals surface area contributed by atoms with Crippen LogP contribution in [0.1, 0.15) is 38.7 Å². The Morgan fingerprint density at radius 2 is 1.90 bits per heavy atom. The summed E-state index contributed by atoms with van der Waals surface area (Å²) in [5, 5.41) is 1.94. The highest BCUT2D eigenvalue weighted by molar-refractivity contribution is 7.89. The Balaban J connectivity index is 1.88. The number of hydrazine groups is 1. The number of nitrogens with one attached hydrogen (secondary N) is 1. The summed E-state index contributed by atoms with van der Waals surface area (Å²) in [5.74, 6) is 0. The third-order valence-corrected chi connectivity index (χ3v) is 5.91. The maximum atomic E-state index is 12.6. The van der Waals surface area contributed by atoms with Crippen LogP contribution in [0, 0.1) is 6.92 Å². The van der Waals surface area contributed by atoms with Gasteiger partial charge in [0.25, 0.3) is 10.0 Å². The molecule has 0 radical (unpaired) electrons. The quantitative estimate of drug-likeness (QED) is 0.874. The first kappa shape index (κ1) is 14.8. The summed E-state index contributed by atoms with van der Waals surface area (Å²) >= 11 is 0. The van der Waals surface area contributed by atoms with Gasteiger partial charge in [0.1, 0.15) is 0 Å². The number of aryl methyl sites for hydroxylation is 1. The van der Waals surface area contributed by atoms with Crippen molar-refractivity contribution in [1.29, 1.82) is 0 Å². The van der Waals surface area contributed by atoms with Crippen molar-refractivity contribution in [1.82, 2.24) is 9.84 Å². The Morgan fingerprint density at radius 3 is 2.52 bits per heavy atom. The Hall–Kier alpha value is -1.17. The largest absolute Gasteiger partial charge is 0.253 e. The highest BCUT2D eigenvalue weighted by Crippen LogP contribution is 2.42. The molecule has 1 saturated heterocycles. The number of benzene rings is 1. The maximum Gasteiger partial charge on any atom is 0.253 e. The van der Waals surface area contributed by atoms with Gasteiger partial charge >= 0.3 is 0 Å². The van der Waals surface area contributed by atoms with Gasteiger partial charge in [0.2, 0.25) is 0 Å². The van der Waals surface area contributed by atoms with Gasteiger partial charge < -0.3 is 0 Å². The van der Waals surface area contributed by atoms with Crippen LogP contribution in [0.25, 0.3) is 0 Å². The summed E-state index contributed by atoms with van der Waals surface area (Å²) in [5.41, 5.74) is 2.30. The van der Waals surface area contributed by atoms with Gasteiger partial charge in [-0.2, -0.15) is 0 Å². The fourth-order valence-electron chi connectivity index (χ4n) is 3.51. The molecule has 1 fully saturated rings. The lowest BCUT2D eigenvalue weighted by atomic mass is 9.91. The minimum absolute atomic E-state index is 0.110. The molecule has 2 aliphatic rings. The molecule has 1 N–H and O–H groups in total. The molecule has 0 amide bonds. The topological polar surface area (TPSA) is 49.4 Å². The van der Waals surface area contributed by atoms with Crippen LogP contribution in [0.3, 0.4) is 0 Å². The molecule has 0 saturated carbocycles. The highest BCUT2D eigenvalue weighted by Gasteiger charge is 2.46. The van der Waals surface area contributed by atoms with Gasteiger partial charge in [-0.25, -0.2) is 13.4 Å². The van der Waals surface area contributed by atoms with Crippen LogP contribution in [0.4, 0.5) is 0 Å². The molecule has 2 aliphatic heterocycles. The zero-order valence-electron chi connectivity index (χ0n) is 12.8. The third kappa shape index (κ3) is 2.65. The van der Waals surface area contributed by atoms with E-state index in [1.165, 1.54) is 5.57 Å². The molecule has 3 rings (SSSR count). The lowest BCUT2D eigenvalue weighted by molar-refractivity contribution is 0.0936. The number of rotatable bonds is 3. The summed E-state index contributed by atoms with van der Waals surface area (Å²) in [7, 11) is -3.51. The second-order valence-electron chi connectivity index (χ2n) is 6.57. The molecule has 2 atom stereocenters. The van der Waals surface area contributed by atoms with Crippen molar-refractivity contribution in [3.8, 4) is 0 Å². The first-order chi connectivity index (χ1) is 9.80. The lowest BCUT2D eigenvalue weighted by Gasteiger charge is -2.41. The van der Waals surface area contributed by atoms with Crippen LogP contribution in [0.2, 0.25) is 0 Å². The van der Waals surface area contributed by atoms with Crippen LogP contribution in [0.15, 0.2) is 40.8 Å². The summed E-state index contributed by atoms with van der Waals surface area (Å²) < 4.78 is 25.2. The van der Waals surface area contributed by atoms with Crippen LogP contribution < -0.4 is 4.83 Å². The second kappa shape index (κ2) is 4.93. The summed E-state index contributed by atoms with van der Waals surface area (Å²) in [6.45, 7) is 6.22. The molecule has 1 aromatic carbocycles. The predicted molar refractivity (Wildman–Crippen MR) is 83.1 cm³/mol. The van der Waals surface area contributed by atoms with Crippen molar-refractivity contribution in [2.75, 3.05) is 0 Å². The van der Waals surface area contributed by atoms with E-state index in [1.54, 1.807) is 12.1 Å². The van der Waals surface area contributed by atoms with Crippen LogP contribution >= 0.6 is 0 Å². The minimum atomic E-state index is -3.51. The van der Waals surface area contributed by atoms with E-state index < -0.39 is 10.0 Å². The molecule has 2 unspecified atom stereocenters. The minimum Gasteiger partial charge on any atom is -0.217 e. The number of nitrogens with zero attached hydrogens (tertiary/aromatic N) is 1. The second-order valence-corrected chi connectivity index (χ2v) is 8.23. The Kier molecular flexibility index (Phi) is 3.47. The molecule has 21 heavy (non-hydrogen) atoms. The molecule has 0 aromatic heterocycles. The van der Waals surface area contributed by atoms with Crippen LogP contribution in [-0.4, -0.2) is 25.0 Å². The van der Waals surface area contributed by atoms with Crippen LogP contribution in [-0.2, 0) is 10.0 Å². The monoisotopic (exact) mass is 306 g/mol. The van der Waals surface area contributed by atoms with Gasteiger partial charge in [0.05, 0.1) is 4.90 Å². The third-order valence-electron chi connectivity index (χ3n) is 4.58. The van der Waals surface area contributed by atoms with Crippen LogP contribution in [0.5, 0.6) is 0 Å². The first-order valence-corrected chi connectivity index (χ1v) is 8.84. The standard InChI is InChI=1S/C16H22N2O2S/c1-12-4-6-15(7-5-12)21(19,20)17-18-14-8-9-16(18,3)11-13(2)10-14/h4-7,10,14,17H,8-9,11H2,1-3H3. The number of sulfonamides is 1. The Bertz CT molecular complexity index is 679. The number of hydrogen-bond acceptors (Lipinski definition) is 3. The summed E-state index contributed by atoms with van der Waals surface area (Å²) in [6, 6.07) is 7.14. The smallest absolute Gasteiger partial charge is 0.217 e. The zero-order chi connectivity index (χ0) is 15.3. The van der Waals surface area contributed by atoms with Crippen molar-refractivity contribution in [2.24, 2.45) is 0 Å². The Morgan fingerprint density at radius 1 is 1.24 bits per heavy atom. The molecule has 0 aliphatic carbocycles. The average molecular weight is 306 g/mol. The van der Waals surface area contributed by atoms with Crippen molar-refractivity contribution in [3.63, 3.8) is 0 Å². The molecule has 2 bridgehead atoms. The molecule has 1 aromatic rings. The van der Waals surface area contributed by atoms with E-state index in [-0.39, 0.29) is 11.6 Å². The maximum absolute atomic E-state index is 12.6. The molecule has 114 valence electrons. The summed E-state index contributed by atoms with van der Waals surface area (Å²) in [6.07, 6.45) is 5.12. The van der Waals surface area contributed by atoms with Gasteiger partial charge in [-0.3, -0.25) is 0 Å². The van der Waals surface area contributed by atoms with E-state index in [0.29, 0.717) is 4.90 Å². The zero-order valence-corrected chi connectivity index (χ0v) is 13.6. The fourth-order valence-corrected chi connectivity index (χ4v) is 4.72. The predicted octanol–water partition coefficient (Wildman–Crippen LogP) is 2.76. The molecule has 0 spiro atoms. The highest BCUT2D eigenvalue weighted by atomic mass is 32.2. The molecule has 2 heterocycles. The van der Waals surface area contributed by atoms with E-state index in [0.717, 1.165) is 24.8 Å². The van der Waals surface area contributed by atoms with Gasteiger partial charge in [0.15, 0.2) is 0 Å². The van der Waals surface area contributed by atoms with Gasteiger partial charge in [0, 0.05) is 11.6 Å². The lowest BCUT2D eigenvalue weighted by Crippen LogP contribution is -2.56. The normalized spacial score (nSPS) is 29.5. The molecular formula is C16H22N2O2S.